The van der Waals surface area contributed by atoms with Gasteiger partial charge in [0.2, 0.25) is 5.90 Å². The van der Waals surface area contributed by atoms with Crippen molar-refractivity contribution in [2.24, 2.45) is 4.99 Å². The maximum atomic E-state index is 13.2. The summed E-state index contributed by atoms with van der Waals surface area (Å²) in [6.07, 6.45) is 5.65. The van der Waals surface area contributed by atoms with Gasteiger partial charge in [0, 0.05) is 29.4 Å². The van der Waals surface area contributed by atoms with E-state index in [0.29, 0.717) is 23.8 Å². The van der Waals surface area contributed by atoms with Crippen molar-refractivity contribution < 1.29 is 18.7 Å². The minimum absolute atomic E-state index is 0.190. The first-order valence-corrected chi connectivity index (χ1v) is 11.3. The van der Waals surface area contributed by atoms with Gasteiger partial charge in [0.1, 0.15) is 5.82 Å². The van der Waals surface area contributed by atoms with E-state index in [1.54, 1.807) is 12.1 Å². The van der Waals surface area contributed by atoms with Crippen molar-refractivity contribution in [3.8, 4) is 0 Å². The zero-order valence-electron chi connectivity index (χ0n) is 17.9. The van der Waals surface area contributed by atoms with Crippen LogP contribution in [0.25, 0.3) is 6.08 Å². The Labute approximate surface area is 196 Å². The Morgan fingerprint density at radius 2 is 1.70 bits per heavy atom. The maximum Gasteiger partial charge on any atom is 0.363 e. The van der Waals surface area contributed by atoms with Gasteiger partial charge in [-0.05, 0) is 78.1 Å². The zero-order chi connectivity index (χ0) is 22.8. The van der Waals surface area contributed by atoms with Crippen molar-refractivity contribution in [1.82, 2.24) is 4.90 Å². The molecule has 0 N–H and O–H groups in total. The number of ether oxygens (including phenoxy) is 2. The minimum Gasteiger partial charge on any atom is -0.402 e. The number of carbonyl (C=O) groups is 1. The molecular formula is C26H22ClFN2O3. The fraction of sp³-hybridized carbons (Fsp3) is 0.231. The third-order valence-electron chi connectivity index (χ3n) is 5.83. The molecule has 7 heteroatoms. The van der Waals surface area contributed by atoms with Gasteiger partial charge in [-0.15, -0.1) is 0 Å². The topological polar surface area (TPSA) is 51.1 Å². The maximum absolute atomic E-state index is 13.2. The summed E-state index contributed by atoms with van der Waals surface area (Å²) in [5.74, 6) is -0.668. The average Bonchev–Trinajstić information content (AvgIpc) is 3.39. The molecule has 2 heterocycles. The van der Waals surface area contributed by atoms with E-state index >= 15 is 0 Å². The summed E-state index contributed by atoms with van der Waals surface area (Å²) in [5, 5.41) is 0.701. The second kappa shape index (κ2) is 9.33. The highest BCUT2D eigenvalue weighted by molar-refractivity contribution is 6.30. The molecule has 0 amide bonds. The molecule has 2 aromatic carbocycles. The number of allylic oxidation sites excluding steroid dienone is 3. The Morgan fingerprint density at radius 1 is 0.970 bits per heavy atom. The number of cyclic esters (lactones) is 1. The van der Waals surface area contributed by atoms with Gasteiger partial charge in [-0.25, -0.2) is 14.2 Å². The second-order valence-corrected chi connectivity index (χ2v) is 8.47. The number of hydrogen-bond donors (Lipinski definition) is 0. The van der Waals surface area contributed by atoms with Gasteiger partial charge >= 0.3 is 5.97 Å². The van der Waals surface area contributed by atoms with Gasteiger partial charge in [-0.1, -0.05) is 23.7 Å². The minimum atomic E-state index is -0.502. The van der Waals surface area contributed by atoms with E-state index in [9.17, 15) is 9.18 Å². The SMILES string of the molecule is O=C1OC(c2ccc(F)cc2)=NC1=CC1=C(N2CCOCC2)C(=Cc2ccc(Cl)cc2)CC1. The van der Waals surface area contributed by atoms with Gasteiger partial charge < -0.3 is 14.4 Å². The van der Waals surface area contributed by atoms with Gasteiger partial charge in [-0.3, -0.25) is 0 Å². The lowest BCUT2D eigenvalue weighted by atomic mass is 10.1. The van der Waals surface area contributed by atoms with E-state index in [1.807, 2.05) is 30.3 Å². The Morgan fingerprint density at radius 3 is 2.42 bits per heavy atom. The van der Waals surface area contributed by atoms with Gasteiger partial charge in [0.25, 0.3) is 0 Å². The first-order valence-electron chi connectivity index (χ1n) is 10.9. The number of rotatable bonds is 4. The van der Waals surface area contributed by atoms with Crippen LogP contribution < -0.4 is 0 Å². The molecule has 0 aromatic heterocycles. The van der Waals surface area contributed by atoms with E-state index in [-0.39, 0.29) is 17.4 Å². The highest BCUT2D eigenvalue weighted by Crippen LogP contribution is 2.37. The number of carbonyl (C=O) groups excluding carboxylic acids is 1. The number of morpholine rings is 1. The lowest BCUT2D eigenvalue weighted by molar-refractivity contribution is -0.130. The molecule has 2 aliphatic heterocycles. The molecule has 5 nitrogen and oxygen atoms in total. The number of halogens is 2. The zero-order valence-corrected chi connectivity index (χ0v) is 18.6. The summed E-state index contributed by atoms with van der Waals surface area (Å²) in [7, 11) is 0. The molecule has 0 spiro atoms. The van der Waals surface area contributed by atoms with E-state index < -0.39 is 5.97 Å². The third kappa shape index (κ3) is 4.77. The molecule has 0 radical (unpaired) electrons. The molecule has 3 aliphatic rings. The quantitative estimate of drug-likeness (QED) is 0.465. The van der Waals surface area contributed by atoms with Crippen molar-refractivity contribution in [2.75, 3.05) is 26.3 Å². The summed E-state index contributed by atoms with van der Waals surface area (Å²) in [5.41, 5.74) is 5.27. The molecule has 33 heavy (non-hydrogen) atoms. The average molecular weight is 465 g/mol. The lowest BCUT2D eigenvalue weighted by Crippen LogP contribution is -2.36. The number of benzene rings is 2. The van der Waals surface area contributed by atoms with E-state index in [0.717, 1.165) is 42.8 Å². The van der Waals surface area contributed by atoms with Gasteiger partial charge in [-0.2, -0.15) is 0 Å². The van der Waals surface area contributed by atoms with Crippen LogP contribution in [0.2, 0.25) is 5.02 Å². The Kier molecular flexibility index (Phi) is 6.11. The normalized spacial score (nSPS) is 21.2. The fourth-order valence-electron chi connectivity index (χ4n) is 4.24. The molecule has 0 atom stereocenters. The Balaban J connectivity index is 1.52. The van der Waals surface area contributed by atoms with Crippen LogP contribution in [0.1, 0.15) is 24.0 Å². The molecule has 0 saturated carbocycles. The summed E-state index contributed by atoms with van der Waals surface area (Å²) >= 11 is 6.04. The number of esters is 1. The lowest BCUT2D eigenvalue weighted by Gasteiger charge is -2.31. The molecule has 0 bridgehead atoms. The van der Waals surface area contributed by atoms with E-state index in [4.69, 9.17) is 21.1 Å². The summed E-state index contributed by atoms with van der Waals surface area (Å²) in [6.45, 7) is 2.90. The fourth-order valence-corrected chi connectivity index (χ4v) is 4.36. The van der Waals surface area contributed by atoms with Gasteiger partial charge in [0.05, 0.1) is 13.2 Å². The van der Waals surface area contributed by atoms with Crippen molar-refractivity contribution in [2.45, 2.75) is 12.8 Å². The number of nitrogens with zero attached hydrogens (tertiary/aromatic N) is 2. The van der Waals surface area contributed by atoms with Crippen LogP contribution >= 0.6 is 11.6 Å². The molecule has 168 valence electrons. The first-order chi connectivity index (χ1) is 16.1. The highest BCUT2D eigenvalue weighted by Gasteiger charge is 2.29. The van der Waals surface area contributed by atoms with E-state index in [2.05, 4.69) is 16.0 Å². The first kappa shape index (κ1) is 21.6. The van der Waals surface area contributed by atoms with Crippen LogP contribution in [0.3, 0.4) is 0 Å². The molecular weight excluding hydrogens is 443 g/mol. The summed E-state index contributed by atoms with van der Waals surface area (Å²) in [4.78, 5) is 19.3. The largest absolute Gasteiger partial charge is 0.402 e. The van der Waals surface area contributed by atoms with Crippen LogP contribution in [0.5, 0.6) is 0 Å². The summed E-state index contributed by atoms with van der Waals surface area (Å²) in [6, 6.07) is 13.5. The third-order valence-corrected chi connectivity index (χ3v) is 6.08. The van der Waals surface area contributed by atoms with Crippen molar-refractivity contribution in [1.29, 1.82) is 0 Å². The molecule has 1 aliphatic carbocycles. The molecule has 5 rings (SSSR count). The van der Waals surface area contributed by atoms with Crippen LogP contribution in [-0.2, 0) is 14.3 Å². The highest BCUT2D eigenvalue weighted by atomic mass is 35.5. The van der Waals surface area contributed by atoms with Crippen LogP contribution in [0, 0.1) is 5.82 Å². The van der Waals surface area contributed by atoms with Crippen LogP contribution in [0.4, 0.5) is 4.39 Å². The predicted octanol–water partition coefficient (Wildman–Crippen LogP) is 5.13. The predicted molar refractivity (Wildman–Crippen MR) is 125 cm³/mol. The standard InChI is InChI=1S/C26H22ClFN2O3/c27-21-7-1-17(2-8-21)15-19-3-4-20(24(19)30-11-13-32-14-12-30)16-23-26(31)33-25(29-23)18-5-9-22(28)10-6-18/h1-2,5-10,15-16H,3-4,11-14H2. The number of hydrogen-bond acceptors (Lipinski definition) is 5. The second-order valence-electron chi connectivity index (χ2n) is 8.04. The molecule has 2 aromatic rings. The van der Waals surface area contributed by atoms with Crippen LogP contribution in [0.15, 0.2) is 82.1 Å². The van der Waals surface area contributed by atoms with Crippen molar-refractivity contribution >= 4 is 29.5 Å². The smallest absolute Gasteiger partial charge is 0.363 e. The molecule has 1 fully saturated rings. The van der Waals surface area contributed by atoms with E-state index in [1.165, 1.54) is 17.7 Å². The summed E-state index contributed by atoms with van der Waals surface area (Å²) < 4.78 is 24.1. The Hall–Kier alpha value is -3.22. The molecule has 1 saturated heterocycles. The molecule has 0 unspecified atom stereocenters. The van der Waals surface area contributed by atoms with Gasteiger partial charge in [0.15, 0.2) is 5.70 Å². The van der Waals surface area contributed by atoms with Crippen molar-refractivity contribution in [3.63, 3.8) is 0 Å². The van der Waals surface area contributed by atoms with Crippen LogP contribution in [-0.4, -0.2) is 43.1 Å². The number of aliphatic imine (C=N–C) groups is 1. The monoisotopic (exact) mass is 464 g/mol. The van der Waals surface area contributed by atoms with Crippen molar-refractivity contribution in [3.05, 3.63) is 99.1 Å². The Bertz CT molecular complexity index is 1190.